The number of carbonyl (C=O) groups excluding carboxylic acids is 3. The van der Waals surface area contributed by atoms with Crippen LogP contribution in [0, 0.1) is 5.92 Å². The Bertz CT molecular complexity index is 701. The number of unbranched alkanes of at least 4 members (excludes halogenated alkanes) is 1. The van der Waals surface area contributed by atoms with E-state index in [1.165, 1.54) is 6.92 Å². The summed E-state index contributed by atoms with van der Waals surface area (Å²) in [6, 6.07) is -5.07. The molecule has 5 unspecified atom stereocenters. The summed E-state index contributed by atoms with van der Waals surface area (Å²) in [5.74, 6) is -4.91. The average Bonchev–Trinajstić information content (AvgIpc) is 2.72. The number of aliphatic hydroxyl groups is 1. The van der Waals surface area contributed by atoms with Crippen molar-refractivity contribution in [2.45, 2.75) is 89.6 Å². The molecule has 0 aliphatic carbocycles. The molecule has 13 nitrogen and oxygen atoms in total. The Balaban J connectivity index is 5.42. The zero-order chi connectivity index (χ0) is 26.4. The fourth-order valence-electron chi connectivity index (χ4n) is 3.10. The van der Waals surface area contributed by atoms with Crippen LogP contribution in [0.25, 0.3) is 0 Å². The molecule has 0 saturated heterocycles. The van der Waals surface area contributed by atoms with E-state index in [4.69, 9.17) is 16.6 Å². The van der Waals surface area contributed by atoms with E-state index in [2.05, 4.69) is 16.0 Å². The Morgan fingerprint density at radius 1 is 0.824 bits per heavy atom. The molecule has 0 spiro atoms. The molecule has 0 bridgehead atoms. The number of carboxylic acids is 2. The molecule has 10 N–H and O–H groups in total. The first-order valence-corrected chi connectivity index (χ1v) is 11.3. The molecular formula is C21H39N5O8. The number of aliphatic carboxylic acids is 2. The highest BCUT2D eigenvalue weighted by Crippen LogP contribution is 2.07. The van der Waals surface area contributed by atoms with E-state index in [9.17, 15) is 34.2 Å². The second-order valence-electron chi connectivity index (χ2n) is 8.64. The molecule has 3 amide bonds. The van der Waals surface area contributed by atoms with Gasteiger partial charge in [-0.05, 0) is 51.5 Å². The number of aliphatic hydroxyl groups excluding tert-OH is 1. The van der Waals surface area contributed by atoms with Crippen LogP contribution in [0.2, 0.25) is 0 Å². The van der Waals surface area contributed by atoms with Crippen LogP contribution >= 0.6 is 0 Å². The van der Waals surface area contributed by atoms with Crippen molar-refractivity contribution in [3.8, 4) is 0 Å². The van der Waals surface area contributed by atoms with Gasteiger partial charge in [0.25, 0.3) is 0 Å². The van der Waals surface area contributed by atoms with Crippen molar-refractivity contribution in [2.75, 3.05) is 6.54 Å². The largest absolute Gasteiger partial charge is 0.481 e. The third-order valence-corrected chi connectivity index (χ3v) is 4.97. The van der Waals surface area contributed by atoms with Crippen molar-refractivity contribution >= 4 is 29.7 Å². The lowest BCUT2D eigenvalue weighted by Gasteiger charge is -2.26. The van der Waals surface area contributed by atoms with Crippen LogP contribution < -0.4 is 27.4 Å². The van der Waals surface area contributed by atoms with Crippen molar-refractivity contribution in [2.24, 2.45) is 17.4 Å². The van der Waals surface area contributed by atoms with E-state index < -0.39 is 66.4 Å². The number of amides is 3. The smallest absolute Gasteiger partial charge is 0.326 e. The highest BCUT2D eigenvalue weighted by Gasteiger charge is 2.32. The zero-order valence-electron chi connectivity index (χ0n) is 20.0. The van der Waals surface area contributed by atoms with Gasteiger partial charge in [-0.15, -0.1) is 0 Å². The van der Waals surface area contributed by atoms with Crippen LogP contribution in [-0.2, 0) is 24.0 Å². The molecule has 0 fully saturated rings. The Hall–Kier alpha value is -2.77. The Morgan fingerprint density at radius 3 is 1.88 bits per heavy atom. The molecule has 196 valence electrons. The number of nitrogens with one attached hydrogen (secondary N) is 3. The first-order valence-electron chi connectivity index (χ1n) is 11.3. The number of nitrogens with two attached hydrogens (primary N) is 2. The fourth-order valence-corrected chi connectivity index (χ4v) is 3.10. The minimum Gasteiger partial charge on any atom is -0.481 e. The molecular weight excluding hydrogens is 450 g/mol. The number of carboxylic acid groups (broad SMARTS) is 2. The second-order valence-corrected chi connectivity index (χ2v) is 8.64. The third-order valence-electron chi connectivity index (χ3n) is 4.97. The summed E-state index contributed by atoms with van der Waals surface area (Å²) >= 11 is 0. The van der Waals surface area contributed by atoms with Crippen LogP contribution in [0.15, 0.2) is 0 Å². The molecule has 13 heteroatoms. The summed E-state index contributed by atoms with van der Waals surface area (Å²) in [5.41, 5.74) is 11.2. The molecule has 0 radical (unpaired) electrons. The van der Waals surface area contributed by atoms with Crippen LogP contribution in [0.1, 0.15) is 59.3 Å². The van der Waals surface area contributed by atoms with Crippen LogP contribution in [0.4, 0.5) is 0 Å². The van der Waals surface area contributed by atoms with Gasteiger partial charge in [-0.3, -0.25) is 19.2 Å². The van der Waals surface area contributed by atoms with Gasteiger partial charge in [0.15, 0.2) is 0 Å². The minimum absolute atomic E-state index is 0.0994. The van der Waals surface area contributed by atoms with Crippen LogP contribution in [0.3, 0.4) is 0 Å². The van der Waals surface area contributed by atoms with Gasteiger partial charge >= 0.3 is 11.9 Å². The summed E-state index contributed by atoms with van der Waals surface area (Å²) in [7, 11) is 0. The summed E-state index contributed by atoms with van der Waals surface area (Å²) in [6.45, 7) is 5.29. The third kappa shape index (κ3) is 12.5. The first-order chi connectivity index (χ1) is 15.8. The molecule has 0 rings (SSSR count). The molecule has 0 aliphatic heterocycles. The highest BCUT2D eigenvalue weighted by atomic mass is 16.4. The lowest BCUT2D eigenvalue weighted by molar-refractivity contribution is -0.143. The molecule has 0 heterocycles. The number of carbonyl (C=O) groups is 5. The maximum Gasteiger partial charge on any atom is 0.326 e. The Morgan fingerprint density at radius 2 is 1.41 bits per heavy atom. The summed E-state index contributed by atoms with van der Waals surface area (Å²) in [5, 5.41) is 35.3. The van der Waals surface area contributed by atoms with E-state index >= 15 is 0 Å². The summed E-state index contributed by atoms with van der Waals surface area (Å²) in [6.07, 6.45) is -0.721. The summed E-state index contributed by atoms with van der Waals surface area (Å²) < 4.78 is 0. The summed E-state index contributed by atoms with van der Waals surface area (Å²) in [4.78, 5) is 60.2. The average molecular weight is 490 g/mol. The number of rotatable bonds is 17. The van der Waals surface area contributed by atoms with Gasteiger partial charge < -0.3 is 42.7 Å². The van der Waals surface area contributed by atoms with Crippen molar-refractivity contribution in [3.05, 3.63) is 0 Å². The Kier molecular flexibility index (Phi) is 14.7. The fraction of sp³-hybridized carbons (Fsp3) is 0.762. The van der Waals surface area contributed by atoms with Gasteiger partial charge in [0.05, 0.1) is 12.1 Å². The van der Waals surface area contributed by atoms with Gasteiger partial charge in [0.1, 0.15) is 18.1 Å². The topological polar surface area (TPSA) is 234 Å². The molecule has 34 heavy (non-hydrogen) atoms. The van der Waals surface area contributed by atoms with Crippen molar-refractivity contribution < 1.29 is 39.3 Å². The van der Waals surface area contributed by atoms with Gasteiger partial charge in [-0.1, -0.05) is 13.8 Å². The van der Waals surface area contributed by atoms with Gasteiger partial charge in [-0.25, -0.2) is 4.79 Å². The van der Waals surface area contributed by atoms with Gasteiger partial charge in [-0.2, -0.15) is 0 Å². The predicted molar refractivity (Wildman–Crippen MR) is 122 cm³/mol. The highest BCUT2D eigenvalue weighted by molar-refractivity contribution is 5.94. The molecule has 0 aromatic carbocycles. The molecule has 0 aliphatic rings. The van der Waals surface area contributed by atoms with Crippen LogP contribution in [0.5, 0.6) is 0 Å². The van der Waals surface area contributed by atoms with Gasteiger partial charge in [0, 0.05) is 6.42 Å². The first kappa shape index (κ1) is 31.2. The second kappa shape index (κ2) is 16.0. The molecule has 0 aromatic heterocycles. The monoisotopic (exact) mass is 489 g/mol. The number of hydrogen-bond acceptors (Lipinski definition) is 8. The lowest BCUT2D eigenvalue weighted by atomic mass is 10.0. The standard InChI is InChI=1S/C21H39N5O8/c1-11(2)10-13(23)18(30)24-14(7-8-16(28)29)19(31)26-17(12(3)27)20(32)25-15(21(33)34)6-4-5-9-22/h11-15,17,27H,4-10,22-23H2,1-3H3,(H,24,30)(H,25,32)(H,26,31)(H,28,29)(H,33,34). The molecule has 0 saturated carbocycles. The van der Waals surface area contributed by atoms with E-state index in [1.807, 2.05) is 13.8 Å². The van der Waals surface area contributed by atoms with Gasteiger partial charge in [0.2, 0.25) is 17.7 Å². The van der Waals surface area contributed by atoms with Crippen molar-refractivity contribution in [1.82, 2.24) is 16.0 Å². The van der Waals surface area contributed by atoms with Crippen molar-refractivity contribution in [1.29, 1.82) is 0 Å². The minimum atomic E-state index is -1.54. The zero-order valence-corrected chi connectivity index (χ0v) is 20.0. The van der Waals surface area contributed by atoms with E-state index in [0.717, 1.165) is 0 Å². The molecule has 0 aromatic rings. The maximum atomic E-state index is 12.8. The molecule has 5 atom stereocenters. The lowest BCUT2D eigenvalue weighted by Crippen LogP contribution is -2.59. The Labute approximate surface area is 199 Å². The number of hydrogen-bond donors (Lipinski definition) is 8. The maximum absolute atomic E-state index is 12.8. The van der Waals surface area contributed by atoms with Crippen LogP contribution in [-0.4, -0.2) is 81.8 Å². The quantitative estimate of drug-likeness (QED) is 0.107. The van der Waals surface area contributed by atoms with E-state index in [1.54, 1.807) is 0 Å². The predicted octanol–water partition coefficient (Wildman–Crippen LogP) is -1.73. The van der Waals surface area contributed by atoms with E-state index in [0.29, 0.717) is 25.8 Å². The SMILES string of the molecule is CC(C)CC(N)C(=O)NC(CCC(=O)O)C(=O)NC(C(=O)NC(CCCCN)C(=O)O)C(C)O. The van der Waals surface area contributed by atoms with Crippen molar-refractivity contribution in [3.63, 3.8) is 0 Å². The normalized spacial score (nSPS) is 15.5. The van der Waals surface area contributed by atoms with E-state index in [-0.39, 0.29) is 18.8 Å².